The molecule has 0 aliphatic rings. The summed E-state index contributed by atoms with van der Waals surface area (Å²) in [4.78, 5) is 24.2. The number of nitrogens with one attached hydrogen (secondary N) is 1. The normalized spacial score (nSPS) is 12.6. The van der Waals surface area contributed by atoms with Crippen molar-refractivity contribution < 1.29 is 14.3 Å². The number of carbonyl (C=O) groups excluding carboxylic acids is 2. The summed E-state index contributed by atoms with van der Waals surface area (Å²) in [5, 5.41) is 3.22. The highest BCUT2D eigenvalue weighted by atomic mass is 79.9. The summed E-state index contributed by atoms with van der Waals surface area (Å²) in [7, 11) is 0. The molecular weight excluding hydrogens is 378 g/mol. The van der Waals surface area contributed by atoms with Gasteiger partial charge in [0.1, 0.15) is 5.60 Å². The molecule has 0 heterocycles. The minimum absolute atomic E-state index is 0.0331. The number of alkyl halides is 1. The highest BCUT2D eigenvalue weighted by Crippen LogP contribution is 2.20. The number of hydrogen-bond acceptors (Lipinski definition) is 4. The minimum Gasteiger partial charge on any atom is -0.444 e. The molecule has 1 atom stereocenters. The van der Waals surface area contributed by atoms with Gasteiger partial charge in [-0.15, -0.1) is 11.8 Å². The standard InChI is InChI=1S/C17H24BrNO3S/c1-12(19-16(21)22-17(2,3)4)8-13-6-5-7-15(9-13)23-11-14(20)10-18/h5-7,9,12H,8,10-11H2,1-4H3,(H,19,21)/t12-/m0/s1. The van der Waals surface area contributed by atoms with Crippen LogP contribution >= 0.6 is 27.7 Å². The lowest BCUT2D eigenvalue weighted by Crippen LogP contribution is -2.38. The molecule has 128 valence electrons. The number of thioether (sulfide) groups is 1. The summed E-state index contributed by atoms with van der Waals surface area (Å²) in [6, 6.07) is 8.00. The van der Waals surface area contributed by atoms with Gasteiger partial charge in [-0.05, 0) is 51.8 Å². The van der Waals surface area contributed by atoms with Crippen molar-refractivity contribution in [3.63, 3.8) is 0 Å². The lowest BCUT2D eigenvalue weighted by molar-refractivity contribution is -0.114. The first-order chi connectivity index (χ1) is 10.7. The van der Waals surface area contributed by atoms with Crippen LogP contribution in [0.15, 0.2) is 29.2 Å². The Morgan fingerprint density at radius 3 is 2.65 bits per heavy atom. The van der Waals surface area contributed by atoms with Crippen LogP contribution in [0, 0.1) is 0 Å². The third-order valence-electron chi connectivity index (χ3n) is 2.75. The molecule has 1 aromatic rings. The monoisotopic (exact) mass is 401 g/mol. The van der Waals surface area contributed by atoms with E-state index in [9.17, 15) is 9.59 Å². The van der Waals surface area contributed by atoms with Crippen molar-refractivity contribution in [1.82, 2.24) is 5.32 Å². The van der Waals surface area contributed by atoms with Crippen LogP contribution < -0.4 is 5.32 Å². The molecule has 0 saturated carbocycles. The smallest absolute Gasteiger partial charge is 0.407 e. The van der Waals surface area contributed by atoms with Crippen molar-refractivity contribution in [2.24, 2.45) is 0 Å². The van der Waals surface area contributed by atoms with Crippen LogP contribution in [0.4, 0.5) is 4.79 Å². The van der Waals surface area contributed by atoms with Gasteiger partial charge in [0.05, 0.1) is 11.1 Å². The molecule has 0 spiro atoms. The number of hydrogen-bond donors (Lipinski definition) is 1. The van der Waals surface area contributed by atoms with E-state index in [-0.39, 0.29) is 11.8 Å². The molecular formula is C17H24BrNO3S. The Labute approximate surface area is 150 Å². The molecule has 1 aromatic carbocycles. The predicted octanol–water partition coefficient (Wildman–Crippen LogP) is 4.20. The van der Waals surface area contributed by atoms with Crippen molar-refractivity contribution in [2.75, 3.05) is 11.1 Å². The number of ether oxygens (including phenoxy) is 1. The molecule has 23 heavy (non-hydrogen) atoms. The lowest BCUT2D eigenvalue weighted by Gasteiger charge is -2.22. The number of halogens is 1. The Bertz CT molecular complexity index is 543. The van der Waals surface area contributed by atoms with E-state index in [0.717, 1.165) is 10.5 Å². The molecule has 0 unspecified atom stereocenters. The molecule has 0 aromatic heterocycles. The van der Waals surface area contributed by atoms with Crippen LogP contribution in [0.25, 0.3) is 0 Å². The molecule has 6 heteroatoms. The Morgan fingerprint density at radius 1 is 1.35 bits per heavy atom. The molecule has 0 aliphatic heterocycles. The van der Waals surface area contributed by atoms with Gasteiger partial charge < -0.3 is 10.1 Å². The minimum atomic E-state index is -0.498. The van der Waals surface area contributed by atoms with Crippen molar-refractivity contribution in [3.8, 4) is 0 Å². The molecule has 4 nitrogen and oxygen atoms in total. The van der Waals surface area contributed by atoms with Gasteiger partial charge in [0.2, 0.25) is 0 Å². The fraction of sp³-hybridized carbons (Fsp3) is 0.529. The number of carbonyl (C=O) groups is 2. The summed E-state index contributed by atoms with van der Waals surface area (Å²) in [6.07, 6.45) is 0.304. The van der Waals surface area contributed by atoms with E-state index in [2.05, 4.69) is 27.3 Å². The summed E-state index contributed by atoms with van der Waals surface area (Å²) in [5.74, 6) is 0.626. The lowest BCUT2D eigenvalue weighted by atomic mass is 10.1. The fourth-order valence-corrected chi connectivity index (χ4v) is 3.18. The zero-order valence-corrected chi connectivity index (χ0v) is 16.4. The number of alkyl carbamates (subject to hydrolysis) is 1. The van der Waals surface area contributed by atoms with E-state index in [4.69, 9.17) is 4.74 Å². The molecule has 0 bridgehead atoms. The first-order valence-corrected chi connectivity index (χ1v) is 9.59. The summed E-state index contributed by atoms with van der Waals surface area (Å²) in [6.45, 7) is 7.46. The second-order valence-corrected chi connectivity index (χ2v) is 7.97. The van der Waals surface area contributed by atoms with Gasteiger partial charge in [0, 0.05) is 10.9 Å². The van der Waals surface area contributed by atoms with E-state index in [1.165, 1.54) is 11.8 Å². The van der Waals surface area contributed by atoms with Gasteiger partial charge in [-0.3, -0.25) is 4.79 Å². The average Bonchev–Trinajstić information content (AvgIpc) is 2.42. The van der Waals surface area contributed by atoms with Crippen LogP contribution in [-0.2, 0) is 16.0 Å². The van der Waals surface area contributed by atoms with Gasteiger partial charge in [-0.2, -0.15) is 0 Å². The van der Waals surface area contributed by atoms with Gasteiger partial charge in [0.15, 0.2) is 5.78 Å². The Hall–Kier alpha value is -1.01. The first-order valence-electron chi connectivity index (χ1n) is 7.48. The summed E-state index contributed by atoms with van der Waals surface area (Å²) >= 11 is 4.69. The molecule has 1 rings (SSSR count). The molecule has 0 saturated heterocycles. The van der Waals surface area contributed by atoms with E-state index in [1.807, 2.05) is 45.9 Å². The van der Waals surface area contributed by atoms with Gasteiger partial charge >= 0.3 is 6.09 Å². The molecule has 1 N–H and O–H groups in total. The first kappa shape index (κ1) is 20.0. The number of amides is 1. The van der Waals surface area contributed by atoms with E-state index in [0.29, 0.717) is 17.5 Å². The summed E-state index contributed by atoms with van der Waals surface area (Å²) in [5.41, 5.74) is 0.618. The van der Waals surface area contributed by atoms with Crippen molar-refractivity contribution in [3.05, 3.63) is 29.8 Å². The number of Topliss-reactive ketones (excluding diaryl/α,β-unsaturated/α-hetero) is 1. The van der Waals surface area contributed by atoms with Gasteiger partial charge in [-0.25, -0.2) is 4.79 Å². The van der Waals surface area contributed by atoms with E-state index < -0.39 is 11.7 Å². The molecule has 0 fully saturated rings. The SMILES string of the molecule is C[C@@H](Cc1cccc(SCC(=O)CBr)c1)NC(=O)OC(C)(C)C. The zero-order valence-electron chi connectivity index (χ0n) is 14.0. The van der Waals surface area contributed by atoms with Crippen molar-refractivity contribution in [2.45, 2.75) is 50.7 Å². The van der Waals surface area contributed by atoms with Crippen LogP contribution in [0.5, 0.6) is 0 Å². The number of rotatable bonds is 7. The highest BCUT2D eigenvalue weighted by molar-refractivity contribution is 9.09. The van der Waals surface area contributed by atoms with Crippen LogP contribution in [0.3, 0.4) is 0 Å². The largest absolute Gasteiger partial charge is 0.444 e. The van der Waals surface area contributed by atoms with E-state index in [1.54, 1.807) is 0 Å². The number of benzene rings is 1. The van der Waals surface area contributed by atoms with Crippen LogP contribution in [-0.4, -0.2) is 34.6 Å². The van der Waals surface area contributed by atoms with Crippen LogP contribution in [0.1, 0.15) is 33.3 Å². The Morgan fingerprint density at radius 2 is 2.04 bits per heavy atom. The average molecular weight is 402 g/mol. The van der Waals surface area contributed by atoms with Crippen molar-refractivity contribution in [1.29, 1.82) is 0 Å². The summed E-state index contributed by atoms with van der Waals surface area (Å²) < 4.78 is 5.25. The second kappa shape index (κ2) is 9.33. The fourth-order valence-electron chi connectivity index (χ4n) is 1.88. The molecule has 0 aliphatic carbocycles. The Kier molecular flexibility index (Phi) is 8.12. The maximum atomic E-state index is 11.8. The van der Waals surface area contributed by atoms with Gasteiger partial charge in [-0.1, -0.05) is 28.1 Å². The highest BCUT2D eigenvalue weighted by Gasteiger charge is 2.17. The maximum absolute atomic E-state index is 11.8. The Balaban J connectivity index is 2.53. The maximum Gasteiger partial charge on any atom is 0.407 e. The topological polar surface area (TPSA) is 55.4 Å². The van der Waals surface area contributed by atoms with Gasteiger partial charge in [0.25, 0.3) is 0 Å². The molecule has 1 amide bonds. The molecule has 0 radical (unpaired) electrons. The third kappa shape index (κ3) is 9.01. The third-order valence-corrected chi connectivity index (χ3v) is 4.43. The van der Waals surface area contributed by atoms with E-state index >= 15 is 0 Å². The predicted molar refractivity (Wildman–Crippen MR) is 98.5 cm³/mol. The van der Waals surface area contributed by atoms with Crippen molar-refractivity contribution >= 4 is 39.6 Å². The van der Waals surface area contributed by atoms with Crippen LogP contribution in [0.2, 0.25) is 0 Å². The zero-order chi connectivity index (χ0) is 17.5. The quantitative estimate of drug-likeness (QED) is 0.549. The number of ketones is 1. The second-order valence-electron chi connectivity index (χ2n) is 6.36.